The fraction of sp³-hybridized carbons (Fsp3) is 0. The second kappa shape index (κ2) is 9.50. The van der Waals surface area contributed by atoms with Crippen LogP contribution in [0.1, 0.15) is 1.43 Å². The summed E-state index contributed by atoms with van der Waals surface area (Å²) in [5, 5.41) is 14.3. The van der Waals surface area contributed by atoms with Crippen molar-refractivity contribution in [1.82, 2.24) is 0 Å². The van der Waals surface area contributed by atoms with Crippen molar-refractivity contribution in [3.8, 4) is 0 Å². The molecule has 0 aromatic rings. The van der Waals surface area contributed by atoms with Gasteiger partial charge in [0.15, 0.2) is 0 Å². The first-order valence-electron chi connectivity index (χ1n) is 0.814. The Morgan fingerprint density at radius 3 is 1.86 bits per heavy atom. The molecule has 0 fully saturated rings. The molecular formula is CH5NaO5. The van der Waals surface area contributed by atoms with Crippen LogP contribution >= 0.6 is 0 Å². The Hall–Kier alpha value is 0.190. The monoisotopic (exact) mass is 120 g/mol. The van der Waals surface area contributed by atoms with Gasteiger partial charge in [0.2, 0.25) is 0 Å². The van der Waals surface area contributed by atoms with Gasteiger partial charge in [0, 0.05) is 0 Å². The molecule has 7 heavy (non-hydrogen) atoms. The maximum atomic E-state index is 8.90. The number of carbonyl (C=O) groups is 1. The smallest absolute Gasteiger partial charge is 1.00 e. The van der Waals surface area contributed by atoms with Gasteiger partial charge in [-0.15, -0.1) is 0 Å². The van der Waals surface area contributed by atoms with Crippen molar-refractivity contribution in [3.63, 3.8) is 0 Å². The summed E-state index contributed by atoms with van der Waals surface area (Å²) >= 11 is 0. The molecule has 0 heterocycles. The molecule has 4 N–H and O–H groups in total. The Bertz CT molecular complexity index is 47.7. The summed E-state index contributed by atoms with van der Waals surface area (Å²) in [7, 11) is 0. The molecule has 0 unspecified atom stereocenters. The van der Waals surface area contributed by atoms with E-state index in [0.717, 1.165) is 0 Å². The van der Waals surface area contributed by atoms with Crippen LogP contribution in [0.3, 0.4) is 0 Å². The molecule has 0 radical (unpaired) electrons. The first-order valence-corrected chi connectivity index (χ1v) is 0.814. The van der Waals surface area contributed by atoms with E-state index >= 15 is 0 Å². The van der Waals surface area contributed by atoms with E-state index in [1.165, 1.54) is 0 Å². The minimum atomic E-state index is -1.69. The normalized spacial score (nSPS) is 4.71. The molecular weight excluding hydrogens is 115 g/mol. The summed E-state index contributed by atoms with van der Waals surface area (Å²) in [5.74, 6) is 0. The predicted molar refractivity (Wildman–Crippen MR) is 16.5 cm³/mol. The number of hydrogen-bond acceptors (Lipinski definition) is 3. The molecule has 0 atom stereocenters. The third-order valence-electron chi connectivity index (χ3n) is 0.0781. The molecule has 0 aromatic carbocycles. The summed E-state index contributed by atoms with van der Waals surface area (Å²) < 4.78 is 0. The van der Waals surface area contributed by atoms with Crippen LogP contribution in [0.25, 0.3) is 0 Å². The summed E-state index contributed by atoms with van der Waals surface area (Å²) in [4.78, 5) is 11.6. The Balaban J connectivity index is -0.0000000267. The van der Waals surface area contributed by atoms with Crippen molar-refractivity contribution in [1.29, 1.82) is 0 Å². The van der Waals surface area contributed by atoms with E-state index in [4.69, 9.17) is 15.2 Å². The van der Waals surface area contributed by atoms with Crippen LogP contribution in [0.2, 0.25) is 0 Å². The van der Waals surface area contributed by atoms with E-state index in [2.05, 4.69) is 4.89 Å². The molecule has 0 aliphatic heterocycles. The quantitative estimate of drug-likeness (QED) is 0.196. The minimum absolute atomic E-state index is 0. The first-order chi connectivity index (χ1) is 2.27. The van der Waals surface area contributed by atoms with E-state index < -0.39 is 6.16 Å². The molecule has 40 valence electrons. The molecule has 5 nitrogen and oxygen atoms in total. The molecule has 0 amide bonds. The number of rotatable bonds is 0. The van der Waals surface area contributed by atoms with Crippen molar-refractivity contribution in [3.05, 3.63) is 0 Å². The molecule has 6 heteroatoms. The second-order valence-corrected chi connectivity index (χ2v) is 0.357. The number of carboxylic acid groups (broad SMARTS) is 1. The SMILES string of the molecule is O.O=C(O)OO.[H-].[Na+]. The van der Waals surface area contributed by atoms with Crippen LogP contribution in [-0.4, -0.2) is 22.0 Å². The number of hydrogen-bond donors (Lipinski definition) is 2. The molecule has 0 aliphatic carbocycles. The predicted octanol–water partition coefficient (Wildman–Crippen LogP) is -3.55. The maximum Gasteiger partial charge on any atom is 1.00 e. The molecule has 0 saturated carbocycles. The third kappa shape index (κ3) is 22.7. The van der Waals surface area contributed by atoms with Crippen LogP contribution < -0.4 is 29.6 Å². The molecule has 0 spiro atoms. The molecule has 0 saturated heterocycles. The van der Waals surface area contributed by atoms with E-state index in [-0.39, 0.29) is 36.5 Å². The largest absolute Gasteiger partial charge is 1.00 e. The van der Waals surface area contributed by atoms with Gasteiger partial charge < -0.3 is 12.0 Å². The van der Waals surface area contributed by atoms with Crippen molar-refractivity contribution in [2.75, 3.05) is 0 Å². The minimum Gasteiger partial charge on any atom is -1.00 e. The van der Waals surface area contributed by atoms with E-state index in [0.29, 0.717) is 0 Å². The van der Waals surface area contributed by atoms with Gasteiger partial charge in [-0.3, -0.25) is 4.89 Å². The Morgan fingerprint density at radius 2 is 1.86 bits per heavy atom. The zero-order valence-electron chi connectivity index (χ0n) is 4.71. The van der Waals surface area contributed by atoms with Gasteiger partial charge >= 0.3 is 35.7 Å². The Kier molecular flexibility index (Phi) is 21.3. The zero-order chi connectivity index (χ0) is 4.28. The third-order valence-corrected chi connectivity index (χ3v) is 0.0781. The van der Waals surface area contributed by atoms with Gasteiger partial charge in [0.25, 0.3) is 0 Å². The fourth-order valence-electron chi connectivity index (χ4n) is 0. The van der Waals surface area contributed by atoms with Crippen LogP contribution in [0.15, 0.2) is 0 Å². The zero-order valence-corrected chi connectivity index (χ0v) is 5.71. The average molecular weight is 120 g/mol. The molecule has 0 aromatic heterocycles. The van der Waals surface area contributed by atoms with Gasteiger partial charge in [-0.25, -0.2) is 4.79 Å². The van der Waals surface area contributed by atoms with Crippen LogP contribution in [0.4, 0.5) is 4.79 Å². The summed E-state index contributed by atoms with van der Waals surface area (Å²) in [6.07, 6.45) is -1.69. The summed E-state index contributed by atoms with van der Waals surface area (Å²) in [5.41, 5.74) is 0. The van der Waals surface area contributed by atoms with E-state index in [1.807, 2.05) is 0 Å². The van der Waals surface area contributed by atoms with Crippen LogP contribution in [-0.2, 0) is 4.89 Å². The first kappa shape index (κ1) is 15.7. The molecule has 0 bridgehead atoms. The summed E-state index contributed by atoms with van der Waals surface area (Å²) in [6, 6.07) is 0. The Morgan fingerprint density at radius 1 is 1.71 bits per heavy atom. The van der Waals surface area contributed by atoms with Crippen molar-refractivity contribution in [2.45, 2.75) is 0 Å². The van der Waals surface area contributed by atoms with Crippen molar-refractivity contribution < 1.29 is 56.5 Å². The Labute approximate surface area is 62.9 Å². The van der Waals surface area contributed by atoms with Crippen molar-refractivity contribution in [2.24, 2.45) is 0 Å². The second-order valence-electron chi connectivity index (χ2n) is 0.357. The van der Waals surface area contributed by atoms with E-state index in [1.54, 1.807) is 0 Å². The average Bonchev–Trinajstić information content (AvgIpc) is 1.38. The van der Waals surface area contributed by atoms with Gasteiger partial charge in [0.1, 0.15) is 0 Å². The van der Waals surface area contributed by atoms with Crippen LogP contribution in [0, 0.1) is 0 Å². The maximum absolute atomic E-state index is 8.90. The molecule has 0 aliphatic rings. The van der Waals surface area contributed by atoms with Crippen molar-refractivity contribution >= 4 is 6.16 Å². The van der Waals surface area contributed by atoms with Gasteiger partial charge in [-0.05, 0) is 0 Å². The summed E-state index contributed by atoms with van der Waals surface area (Å²) in [6.45, 7) is 0. The van der Waals surface area contributed by atoms with Gasteiger partial charge in [-0.2, -0.15) is 5.26 Å². The van der Waals surface area contributed by atoms with Gasteiger partial charge in [0.05, 0.1) is 0 Å². The topological polar surface area (TPSA) is 98.3 Å². The fourth-order valence-corrected chi connectivity index (χ4v) is 0. The van der Waals surface area contributed by atoms with Crippen LogP contribution in [0.5, 0.6) is 0 Å². The van der Waals surface area contributed by atoms with Gasteiger partial charge in [-0.1, -0.05) is 0 Å². The standard InChI is InChI=1S/CH2O4.Na.H2O.H/c2-1(3)5-4;;;/h4H,(H,2,3);;1H2;/q;+1;;-1. The molecule has 0 rings (SSSR count). The van der Waals surface area contributed by atoms with E-state index in [9.17, 15) is 0 Å².